The average Bonchev–Trinajstić information content (AvgIpc) is 2.64. The van der Waals surface area contributed by atoms with Gasteiger partial charge in [0, 0.05) is 10.9 Å². The van der Waals surface area contributed by atoms with Crippen molar-refractivity contribution < 1.29 is 19.4 Å². The summed E-state index contributed by atoms with van der Waals surface area (Å²) >= 11 is 0. The molecule has 0 saturated heterocycles. The van der Waals surface area contributed by atoms with Crippen molar-refractivity contribution in [2.75, 3.05) is 0 Å². The molecule has 0 bridgehead atoms. The number of carbonyl (C=O) groups is 1. The lowest BCUT2D eigenvalue weighted by Crippen LogP contribution is -2.12. The van der Waals surface area contributed by atoms with Crippen molar-refractivity contribution in [1.29, 1.82) is 0 Å². The Bertz CT molecular complexity index is 757. The molecule has 0 radical (unpaired) electrons. The predicted molar refractivity (Wildman–Crippen MR) is 72.4 cm³/mol. The monoisotopic (exact) mass is 274 g/mol. The fraction of sp³-hybridized carbons (Fsp3) is 0.333. The molecule has 1 aliphatic carbocycles. The van der Waals surface area contributed by atoms with Crippen LogP contribution in [0.5, 0.6) is 5.75 Å². The van der Waals surface area contributed by atoms with Crippen LogP contribution in [0.15, 0.2) is 21.3 Å². The van der Waals surface area contributed by atoms with E-state index < -0.39 is 11.6 Å². The van der Waals surface area contributed by atoms with Crippen LogP contribution in [0.4, 0.5) is 0 Å². The molecule has 1 heterocycles. The maximum Gasteiger partial charge on any atom is 0.343 e. The first kappa shape index (κ1) is 12.7. The first-order valence-electron chi connectivity index (χ1n) is 6.63. The number of aryl methyl sites for hydroxylation is 1. The van der Waals surface area contributed by atoms with Crippen LogP contribution < -0.4 is 5.63 Å². The van der Waals surface area contributed by atoms with Gasteiger partial charge in [0.05, 0.1) is 0 Å². The van der Waals surface area contributed by atoms with E-state index in [1.165, 1.54) is 6.07 Å². The van der Waals surface area contributed by atoms with E-state index in [0.29, 0.717) is 17.4 Å². The van der Waals surface area contributed by atoms with Gasteiger partial charge in [0.2, 0.25) is 0 Å². The van der Waals surface area contributed by atoms with E-state index in [2.05, 4.69) is 0 Å². The highest BCUT2D eigenvalue weighted by Gasteiger charge is 2.22. The zero-order valence-electron chi connectivity index (χ0n) is 10.8. The van der Waals surface area contributed by atoms with Crippen molar-refractivity contribution in [3.05, 3.63) is 39.2 Å². The van der Waals surface area contributed by atoms with E-state index in [0.717, 1.165) is 31.2 Å². The fourth-order valence-electron chi connectivity index (χ4n) is 2.88. The summed E-state index contributed by atoms with van der Waals surface area (Å²) in [7, 11) is 0. The molecule has 1 aromatic heterocycles. The number of phenols is 1. The van der Waals surface area contributed by atoms with Crippen LogP contribution in [-0.2, 0) is 12.8 Å². The molecular formula is C15H14O5. The van der Waals surface area contributed by atoms with Crippen LogP contribution in [-0.4, -0.2) is 16.2 Å². The van der Waals surface area contributed by atoms with Gasteiger partial charge in [-0.1, -0.05) is 6.42 Å². The smallest absolute Gasteiger partial charge is 0.343 e. The highest BCUT2D eigenvalue weighted by atomic mass is 16.4. The Balaban J connectivity index is 2.43. The fourth-order valence-corrected chi connectivity index (χ4v) is 2.88. The van der Waals surface area contributed by atoms with Crippen molar-refractivity contribution in [3.8, 4) is 5.75 Å². The van der Waals surface area contributed by atoms with Crippen LogP contribution in [0.1, 0.15) is 40.7 Å². The topological polar surface area (TPSA) is 87.7 Å². The lowest BCUT2D eigenvalue weighted by atomic mass is 9.98. The molecule has 2 N–H and O–H groups in total. The van der Waals surface area contributed by atoms with Crippen molar-refractivity contribution in [3.63, 3.8) is 0 Å². The second kappa shape index (κ2) is 4.67. The molecule has 3 rings (SSSR count). The minimum atomic E-state index is -1.30. The van der Waals surface area contributed by atoms with Gasteiger partial charge in [-0.15, -0.1) is 0 Å². The molecule has 0 fully saturated rings. The number of carboxylic acids is 1. The third-order valence-corrected chi connectivity index (χ3v) is 3.83. The number of aromatic carboxylic acids is 1. The molecule has 1 aromatic carbocycles. The molecule has 5 nitrogen and oxygen atoms in total. The Labute approximate surface area is 114 Å². The molecule has 0 spiro atoms. The van der Waals surface area contributed by atoms with Crippen LogP contribution >= 0.6 is 0 Å². The van der Waals surface area contributed by atoms with Crippen molar-refractivity contribution in [2.24, 2.45) is 0 Å². The predicted octanol–water partition coefficient (Wildman–Crippen LogP) is 2.47. The van der Waals surface area contributed by atoms with E-state index in [9.17, 15) is 19.8 Å². The molecule has 0 saturated carbocycles. The third-order valence-electron chi connectivity index (χ3n) is 3.83. The molecule has 104 valence electrons. The van der Waals surface area contributed by atoms with E-state index >= 15 is 0 Å². The summed E-state index contributed by atoms with van der Waals surface area (Å²) in [6.07, 6.45) is 4.35. The number of rotatable bonds is 1. The van der Waals surface area contributed by atoms with Gasteiger partial charge < -0.3 is 14.6 Å². The number of hydrogen-bond donors (Lipinski definition) is 2. The second-order valence-electron chi connectivity index (χ2n) is 5.05. The Morgan fingerprint density at radius 3 is 2.50 bits per heavy atom. The van der Waals surface area contributed by atoms with Gasteiger partial charge in [0.15, 0.2) is 5.58 Å². The number of aromatic hydroxyl groups is 1. The molecule has 20 heavy (non-hydrogen) atoms. The van der Waals surface area contributed by atoms with Gasteiger partial charge in [-0.25, -0.2) is 9.59 Å². The van der Waals surface area contributed by atoms with E-state index in [-0.39, 0.29) is 16.9 Å². The van der Waals surface area contributed by atoms with Gasteiger partial charge >= 0.3 is 11.6 Å². The number of hydrogen-bond acceptors (Lipinski definition) is 4. The van der Waals surface area contributed by atoms with Gasteiger partial charge in [-0.3, -0.25) is 0 Å². The quantitative estimate of drug-likeness (QED) is 0.616. The maximum absolute atomic E-state index is 12.1. The Kier molecular flexibility index (Phi) is 2.97. The molecule has 0 unspecified atom stereocenters. The maximum atomic E-state index is 12.1. The Morgan fingerprint density at radius 1 is 1.10 bits per heavy atom. The molecular weight excluding hydrogens is 260 g/mol. The summed E-state index contributed by atoms with van der Waals surface area (Å²) in [6, 6.07) is 2.97. The first-order valence-corrected chi connectivity index (χ1v) is 6.63. The third kappa shape index (κ3) is 1.86. The molecule has 0 amide bonds. The number of carboxylic acid groups (broad SMARTS) is 1. The zero-order valence-corrected chi connectivity index (χ0v) is 10.8. The van der Waals surface area contributed by atoms with Crippen LogP contribution in [0.3, 0.4) is 0 Å². The van der Waals surface area contributed by atoms with Gasteiger partial charge in [-0.05, 0) is 43.4 Å². The Morgan fingerprint density at radius 2 is 1.80 bits per heavy atom. The van der Waals surface area contributed by atoms with E-state index in [1.807, 2.05) is 0 Å². The highest BCUT2D eigenvalue weighted by molar-refractivity contribution is 6.04. The molecule has 2 aromatic rings. The van der Waals surface area contributed by atoms with Crippen molar-refractivity contribution >= 4 is 16.9 Å². The molecule has 1 aliphatic rings. The standard InChI is InChI=1S/C15H14O5/c16-11-7-6-9-8-4-2-1-3-5-10(8)15(19)20-13(9)12(11)14(17)18/h6-7,16H,1-5H2,(H,17,18). The minimum absolute atomic E-state index is 0.0249. The largest absolute Gasteiger partial charge is 0.507 e. The lowest BCUT2D eigenvalue weighted by Gasteiger charge is -2.10. The van der Waals surface area contributed by atoms with Gasteiger partial charge in [-0.2, -0.15) is 0 Å². The summed E-state index contributed by atoms with van der Waals surface area (Å²) < 4.78 is 5.19. The van der Waals surface area contributed by atoms with Crippen molar-refractivity contribution in [2.45, 2.75) is 32.1 Å². The van der Waals surface area contributed by atoms with E-state index in [1.54, 1.807) is 6.07 Å². The normalized spacial score (nSPS) is 14.8. The van der Waals surface area contributed by atoms with E-state index in [4.69, 9.17) is 4.42 Å². The summed E-state index contributed by atoms with van der Waals surface area (Å²) in [5.41, 5.74) is 0.672. The van der Waals surface area contributed by atoms with Gasteiger partial charge in [0.25, 0.3) is 0 Å². The second-order valence-corrected chi connectivity index (χ2v) is 5.05. The van der Waals surface area contributed by atoms with Crippen molar-refractivity contribution in [1.82, 2.24) is 0 Å². The minimum Gasteiger partial charge on any atom is -0.507 e. The van der Waals surface area contributed by atoms with Gasteiger partial charge in [0.1, 0.15) is 11.3 Å². The molecule has 5 heteroatoms. The summed E-state index contributed by atoms with van der Waals surface area (Å²) in [5, 5.41) is 19.5. The Hall–Kier alpha value is -2.30. The molecule has 0 atom stereocenters. The highest BCUT2D eigenvalue weighted by Crippen LogP contribution is 2.32. The molecule has 0 aliphatic heterocycles. The van der Waals surface area contributed by atoms with Crippen LogP contribution in [0, 0.1) is 0 Å². The summed E-state index contributed by atoms with van der Waals surface area (Å²) in [6.45, 7) is 0. The summed E-state index contributed by atoms with van der Waals surface area (Å²) in [5.74, 6) is -1.69. The lowest BCUT2D eigenvalue weighted by molar-refractivity contribution is 0.0694. The van der Waals surface area contributed by atoms with Crippen LogP contribution in [0.2, 0.25) is 0 Å². The number of fused-ring (bicyclic) bond motifs is 3. The first-order chi connectivity index (χ1) is 9.59. The number of benzene rings is 1. The zero-order chi connectivity index (χ0) is 14.3. The SMILES string of the molecule is O=C(O)c1c(O)ccc2c3c(c(=O)oc12)CCCCC3. The van der Waals surface area contributed by atoms with Crippen LogP contribution in [0.25, 0.3) is 11.0 Å². The summed E-state index contributed by atoms with van der Waals surface area (Å²) in [4.78, 5) is 23.3. The average molecular weight is 274 g/mol.